The molecule has 0 heterocycles. The van der Waals surface area contributed by atoms with Gasteiger partial charge in [-0.15, -0.1) is 0 Å². The number of Topliss-reactive ketones (excluding diaryl/α,β-unsaturated/α-hetero) is 2. The molecule has 20 heavy (non-hydrogen) atoms. The number of nitrogens with two attached hydrogens (primary N) is 1. The summed E-state index contributed by atoms with van der Waals surface area (Å²) in [4.78, 5) is 47.0. The number of carbonyl (C=O) groups excluding carboxylic acids is 4. The maximum Gasteiger partial charge on any atom is 0.241 e. The van der Waals surface area contributed by atoms with Crippen molar-refractivity contribution in [2.45, 2.75) is 26.7 Å². The number of amides is 2. The molecule has 0 unspecified atom stereocenters. The highest BCUT2D eigenvalue weighted by molar-refractivity contribution is 6.22. The first kappa shape index (κ1) is 15.6. The second-order valence-corrected chi connectivity index (χ2v) is 4.44. The second kappa shape index (κ2) is 6.60. The standard InChI is InChI=1S/C14H16N2O4/c1-9(17)7-13(19)16(14(20)8-10(2)18)12-6-4-3-5-11(12)15/h3-6H,7-8,15H2,1-2H3. The zero-order valence-corrected chi connectivity index (χ0v) is 11.4. The summed E-state index contributed by atoms with van der Waals surface area (Å²) in [5.74, 6) is -2.13. The Labute approximate surface area is 116 Å². The van der Waals surface area contributed by atoms with Gasteiger partial charge < -0.3 is 5.73 Å². The fourth-order valence-electron chi connectivity index (χ4n) is 1.68. The van der Waals surface area contributed by atoms with E-state index in [0.717, 1.165) is 4.90 Å². The minimum atomic E-state index is -0.693. The number of hydrogen-bond donors (Lipinski definition) is 1. The quantitative estimate of drug-likeness (QED) is 0.641. The molecule has 0 fully saturated rings. The first-order valence-electron chi connectivity index (χ1n) is 6.02. The van der Waals surface area contributed by atoms with Crippen molar-refractivity contribution in [2.75, 3.05) is 10.6 Å². The molecule has 0 aliphatic rings. The molecule has 0 saturated heterocycles. The fourth-order valence-corrected chi connectivity index (χ4v) is 1.68. The molecular weight excluding hydrogens is 260 g/mol. The van der Waals surface area contributed by atoms with Crippen LogP contribution in [0.1, 0.15) is 26.7 Å². The second-order valence-electron chi connectivity index (χ2n) is 4.44. The van der Waals surface area contributed by atoms with Crippen molar-refractivity contribution in [3.8, 4) is 0 Å². The number of benzene rings is 1. The molecule has 1 aromatic rings. The Morgan fingerprint density at radius 2 is 1.40 bits per heavy atom. The number of ketones is 2. The summed E-state index contributed by atoms with van der Waals surface area (Å²) in [5, 5.41) is 0. The maximum atomic E-state index is 12.0. The van der Waals surface area contributed by atoms with Gasteiger partial charge in [0.25, 0.3) is 0 Å². The Balaban J connectivity index is 3.17. The number of carbonyl (C=O) groups is 4. The van der Waals surface area contributed by atoms with Crippen LogP contribution in [0.3, 0.4) is 0 Å². The van der Waals surface area contributed by atoms with Crippen LogP contribution in [0.25, 0.3) is 0 Å². The smallest absolute Gasteiger partial charge is 0.241 e. The van der Waals surface area contributed by atoms with Gasteiger partial charge in [0.2, 0.25) is 11.8 Å². The maximum absolute atomic E-state index is 12.0. The van der Waals surface area contributed by atoms with Crippen molar-refractivity contribution in [3.63, 3.8) is 0 Å². The topological polar surface area (TPSA) is 97.5 Å². The highest BCUT2D eigenvalue weighted by Gasteiger charge is 2.26. The van der Waals surface area contributed by atoms with Crippen molar-refractivity contribution < 1.29 is 19.2 Å². The summed E-state index contributed by atoms with van der Waals surface area (Å²) in [6.07, 6.45) is -0.837. The SMILES string of the molecule is CC(=O)CC(=O)N(C(=O)CC(C)=O)c1ccccc1N. The van der Waals surface area contributed by atoms with E-state index >= 15 is 0 Å². The lowest BCUT2D eigenvalue weighted by atomic mass is 10.2. The molecular formula is C14H16N2O4. The summed E-state index contributed by atoms with van der Waals surface area (Å²) in [5.41, 5.74) is 6.15. The molecule has 2 amide bonds. The van der Waals surface area contributed by atoms with E-state index in [1.807, 2.05) is 0 Å². The monoisotopic (exact) mass is 276 g/mol. The molecule has 2 N–H and O–H groups in total. The minimum absolute atomic E-state index is 0.185. The summed E-state index contributed by atoms with van der Waals surface area (Å²) in [6, 6.07) is 6.29. The lowest BCUT2D eigenvalue weighted by molar-refractivity contribution is -0.130. The van der Waals surface area contributed by atoms with E-state index in [-0.39, 0.29) is 22.9 Å². The molecule has 6 nitrogen and oxygen atoms in total. The van der Waals surface area contributed by atoms with Crippen LogP contribution in [0.4, 0.5) is 11.4 Å². The Bertz CT molecular complexity index is 538. The molecule has 0 aliphatic carbocycles. The number of anilines is 2. The molecule has 0 atom stereocenters. The highest BCUT2D eigenvalue weighted by atomic mass is 16.2. The van der Waals surface area contributed by atoms with Crippen LogP contribution >= 0.6 is 0 Å². The van der Waals surface area contributed by atoms with Crippen LogP contribution in [-0.4, -0.2) is 23.4 Å². The van der Waals surface area contributed by atoms with E-state index in [1.165, 1.54) is 26.0 Å². The number of imide groups is 1. The highest BCUT2D eigenvalue weighted by Crippen LogP contribution is 2.24. The van der Waals surface area contributed by atoms with Crippen molar-refractivity contribution in [1.29, 1.82) is 0 Å². The Morgan fingerprint density at radius 1 is 0.950 bits per heavy atom. The van der Waals surface area contributed by atoms with Crippen molar-refractivity contribution in [2.24, 2.45) is 0 Å². The average molecular weight is 276 g/mol. The minimum Gasteiger partial charge on any atom is -0.397 e. The first-order chi connectivity index (χ1) is 9.32. The summed E-state index contributed by atoms with van der Waals surface area (Å²) < 4.78 is 0. The molecule has 0 aromatic heterocycles. The third-order valence-corrected chi connectivity index (χ3v) is 2.48. The third-order valence-electron chi connectivity index (χ3n) is 2.48. The van der Waals surface area contributed by atoms with Gasteiger partial charge in [0.05, 0.1) is 24.2 Å². The van der Waals surface area contributed by atoms with Crippen molar-refractivity contribution in [1.82, 2.24) is 0 Å². The van der Waals surface area contributed by atoms with Crippen LogP contribution < -0.4 is 10.6 Å². The first-order valence-corrected chi connectivity index (χ1v) is 6.02. The molecule has 1 aromatic carbocycles. The molecule has 106 valence electrons. The van der Waals surface area contributed by atoms with Gasteiger partial charge in [0, 0.05) is 0 Å². The van der Waals surface area contributed by atoms with E-state index < -0.39 is 24.7 Å². The van der Waals surface area contributed by atoms with Crippen molar-refractivity contribution >= 4 is 34.8 Å². The van der Waals surface area contributed by atoms with Gasteiger partial charge in [-0.05, 0) is 26.0 Å². The Morgan fingerprint density at radius 3 is 1.80 bits per heavy atom. The third kappa shape index (κ3) is 4.01. The van der Waals surface area contributed by atoms with E-state index in [4.69, 9.17) is 5.73 Å². The van der Waals surface area contributed by atoms with Gasteiger partial charge in [-0.2, -0.15) is 0 Å². The van der Waals surface area contributed by atoms with Crippen LogP contribution in [0, 0.1) is 0 Å². The van der Waals surface area contributed by atoms with Crippen molar-refractivity contribution in [3.05, 3.63) is 24.3 Å². The van der Waals surface area contributed by atoms with Gasteiger partial charge in [0.15, 0.2) is 0 Å². The molecule has 0 aliphatic heterocycles. The average Bonchev–Trinajstić information content (AvgIpc) is 2.30. The zero-order valence-electron chi connectivity index (χ0n) is 11.4. The fraction of sp³-hybridized carbons (Fsp3) is 0.286. The van der Waals surface area contributed by atoms with E-state index in [0.29, 0.717) is 0 Å². The van der Waals surface area contributed by atoms with E-state index in [2.05, 4.69) is 0 Å². The van der Waals surface area contributed by atoms with Gasteiger partial charge in [-0.1, -0.05) is 12.1 Å². The predicted molar refractivity (Wildman–Crippen MR) is 73.9 cm³/mol. The summed E-state index contributed by atoms with van der Waals surface area (Å²) in [6.45, 7) is 2.50. The summed E-state index contributed by atoms with van der Waals surface area (Å²) >= 11 is 0. The molecule has 0 spiro atoms. The lowest BCUT2D eigenvalue weighted by Crippen LogP contribution is -2.39. The van der Waals surface area contributed by atoms with Gasteiger partial charge in [0.1, 0.15) is 11.6 Å². The largest absolute Gasteiger partial charge is 0.397 e. The Hall–Kier alpha value is -2.50. The van der Waals surface area contributed by atoms with Gasteiger partial charge >= 0.3 is 0 Å². The lowest BCUT2D eigenvalue weighted by Gasteiger charge is -2.21. The van der Waals surface area contributed by atoms with E-state index in [1.54, 1.807) is 12.1 Å². The van der Waals surface area contributed by atoms with Crippen LogP contribution in [-0.2, 0) is 19.2 Å². The molecule has 0 bridgehead atoms. The number of nitrogens with zero attached hydrogens (tertiary/aromatic N) is 1. The van der Waals surface area contributed by atoms with E-state index in [9.17, 15) is 19.2 Å². The zero-order chi connectivity index (χ0) is 15.3. The molecule has 0 radical (unpaired) electrons. The van der Waals surface area contributed by atoms with Gasteiger partial charge in [-0.25, -0.2) is 4.90 Å². The van der Waals surface area contributed by atoms with Crippen LogP contribution in [0.2, 0.25) is 0 Å². The Kier molecular flexibility index (Phi) is 5.14. The number of para-hydroxylation sites is 2. The molecule has 1 rings (SSSR count). The number of hydrogen-bond acceptors (Lipinski definition) is 5. The number of nitrogen functional groups attached to an aromatic ring is 1. The molecule has 6 heteroatoms. The van der Waals surface area contributed by atoms with Crippen LogP contribution in [0.15, 0.2) is 24.3 Å². The summed E-state index contributed by atoms with van der Waals surface area (Å²) in [7, 11) is 0. The van der Waals surface area contributed by atoms with Gasteiger partial charge in [-0.3, -0.25) is 19.2 Å². The normalized spacial score (nSPS) is 9.90. The number of rotatable bonds is 5. The van der Waals surface area contributed by atoms with Crippen LogP contribution in [0.5, 0.6) is 0 Å². The molecule has 0 saturated carbocycles. The predicted octanol–water partition coefficient (Wildman–Crippen LogP) is 1.09.